The molecular formula is C22H15Cl4F2N3O4. The van der Waals surface area contributed by atoms with Crippen molar-refractivity contribution >= 4 is 75.6 Å². The lowest BCUT2D eigenvalue weighted by atomic mass is 9.73. The van der Waals surface area contributed by atoms with Crippen molar-refractivity contribution in [3.8, 4) is 0 Å². The number of nitrogens with one attached hydrogen (secondary N) is 2. The summed E-state index contributed by atoms with van der Waals surface area (Å²) in [6.45, 7) is -0.925. The molecule has 0 unspecified atom stereocenters. The van der Waals surface area contributed by atoms with Crippen molar-refractivity contribution in [2.45, 2.75) is 23.9 Å². The van der Waals surface area contributed by atoms with E-state index < -0.39 is 60.1 Å². The van der Waals surface area contributed by atoms with Crippen LogP contribution >= 0.6 is 46.4 Å². The monoisotopic (exact) mass is 563 g/mol. The maximum atomic E-state index is 14.7. The van der Waals surface area contributed by atoms with Gasteiger partial charge in [-0.1, -0.05) is 46.4 Å². The van der Waals surface area contributed by atoms with Gasteiger partial charge in [0.1, 0.15) is 11.5 Å². The van der Waals surface area contributed by atoms with Crippen LogP contribution in [0, 0.1) is 11.8 Å². The average Bonchev–Trinajstić information content (AvgIpc) is 3.28. The molecule has 1 spiro atoms. The summed E-state index contributed by atoms with van der Waals surface area (Å²) in [4.78, 5) is 40.7. The first kappa shape index (κ1) is 24.5. The van der Waals surface area contributed by atoms with Gasteiger partial charge in [0.25, 0.3) is 11.8 Å². The predicted molar refractivity (Wildman–Crippen MR) is 127 cm³/mol. The van der Waals surface area contributed by atoms with Gasteiger partial charge in [-0.25, -0.2) is 8.78 Å². The third kappa shape index (κ3) is 3.67. The number of nitrogens with zero attached hydrogens (tertiary/aromatic N) is 1. The fraction of sp³-hybridized carbons (Fsp3) is 0.318. The number of amides is 2. The Labute approximate surface area is 217 Å². The van der Waals surface area contributed by atoms with E-state index in [-0.39, 0.29) is 37.0 Å². The van der Waals surface area contributed by atoms with Gasteiger partial charge in [-0.05, 0) is 30.3 Å². The van der Waals surface area contributed by atoms with Crippen molar-refractivity contribution < 1.29 is 28.3 Å². The van der Waals surface area contributed by atoms with E-state index in [1.807, 2.05) is 0 Å². The molecular weight excluding hydrogens is 550 g/mol. The molecule has 5 rings (SSSR count). The molecule has 3 aliphatic heterocycles. The normalized spacial score (nSPS) is 28.6. The van der Waals surface area contributed by atoms with Crippen LogP contribution in [0.15, 0.2) is 30.3 Å². The average molecular weight is 565 g/mol. The summed E-state index contributed by atoms with van der Waals surface area (Å²) < 4.78 is 29.4. The van der Waals surface area contributed by atoms with Gasteiger partial charge in [0, 0.05) is 38.8 Å². The minimum absolute atomic E-state index is 0.0193. The predicted octanol–water partition coefficient (Wildman–Crippen LogP) is 5.13. The molecule has 184 valence electrons. The Bertz CT molecular complexity index is 1290. The van der Waals surface area contributed by atoms with Crippen LogP contribution in [0.2, 0.25) is 20.1 Å². The summed E-state index contributed by atoms with van der Waals surface area (Å²) in [7, 11) is 0. The molecule has 0 bridgehead atoms. The number of hydrogen-bond donors (Lipinski definition) is 3. The standard InChI is InChI=1S/C22H15Cl4F2N3O4/c23-8-1-9(24)3-11(2-8)29-18(32)15-14-6-21(27,28)7-31(14)22(16(15)19(33)34)12-4-10(25)5-13(26)17(12)30-20(22)35/h1-5,14-16H,6-7H2,(H,29,32)(H,30,35)(H,33,34)/t14-,15+,16-,22+/m1/s1. The van der Waals surface area contributed by atoms with Gasteiger partial charge >= 0.3 is 5.97 Å². The van der Waals surface area contributed by atoms with E-state index in [9.17, 15) is 28.3 Å². The van der Waals surface area contributed by atoms with Gasteiger partial charge in [0.15, 0.2) is 0 Å². The van der Waals surface area contributed by atoms with Gasteiger partial charge in [-0.15, -0.1) is 0 Å². The number of benzene rings is 2. The van der Waals surface area contributed by atoms with Crippen LogP contribution in [0.1, 0.15) is 12.0 Å². The number of anilines is 2. The topological polar surface area (TPSA) is 98.7 Å². The maximum absolute atomic E-state index is 14.7. The van der Waals surface area contributed by atoms with E-state index in [1.165, 1.54) is 30.3 Å². The fourth-order valence-electron chi connectivity index (χ4n) is 5.65. The molecule has 0 aromatic heterocycles. The molecule has 3 heterocycles. The molecule has 13 heteroatoms. The summed E-state index contributed by atoms with van der Waals surface area (Å²) in [5.41, 5.74) is -1.87. The molecule has 2 aromatic rings. The van der Waals surface area contributed by atoms with Crippen LogP contribution in [-0.2, 0) is 19.9 Å². The third-order valence-electron chi connectivity index (χ3n) is 6.74. The quantitative estimate of drug-likeness (QED) is 0.480. The highest BCUT2D eigenvalue weighted by Crippen LogP contribution is 2.61. The number of alkyl halides is 2. The third-order valence-corrected chi connectivity index (χ3v) is 7.69. The van der Waals surface area contributed by atoms with Crippen molar-refractivity contribution in [1.29, 1.82) is 0 Å². The second-order valence-corrected chi connectivity index (χ2v) is 10.5. The molecule has 35 heavy (non-hydrogen) atoms. The zero-order valence-corrected chi connectivity index (χ0v) is 20.4. The molecule has 2 fully saturated rings. The summed E-state index contributed by atoms with van der Waals surface area (Å²) in [6.07, 6.45) is -0.816. The number of halogens is 6. The second kappa shape index (κ2) is 8.18. The van der Waals surface area contributed by atoms with Crippen molar-refractivity contribution in [3.63, 3.8) is 0 Å². The molecule has 2 aromatic carbocycles. The fourth-order valence-corrected chi connectivity index (χ4v) is 6.72. The van der Waals surface area contributed by atoms with E-state index in [2.05, 4.69) is 10.6 Å². The van der Waals surface area contributed by atoms with Crippen LogP contribution in [0.25, 0.3) is 0 Å². The van der Waals surface area contributed by atoms with E-state index in [4.69, 9.17) is 46.4 Å². The van der Waals surface area contributed by atoms with E-state index in [0.29, 0.717) is 0 Å². The van der Waals surface area contributed by atoms with E-state index in [0.717, 1.165) is 4.90 Å². The number of carboxylic acid groups (broad SMARTS) is 1. The molecule has 0 saturated carbocycles. The molecule has 0 aliphatic carbocycles. The zero-order valence-electron chi connectivity index (χ0n) is 17.4. The Kier molecular flexibility index (Phi) is 5.73. The van der Waals surface area contributed by atoms with E-state index >= 15 is 0 Å². The van der Waals surface area contributed by atoms with Crippen molar-refractivity contribution in [2.75, 3.05) is 17.2 Å². The molecule has 7 nitrogen and oxygen atoms in total. The van der Waals surface area contributed by atoms with Crippen molar-refractivity contribution in [2.24, 2.45) is 11.8 Å². The lowest BCUT2D eigenvalue weighted by molar-refractivity contribution is -0.153. The Morgan fingerprint density at radius 1 is 1.06 bits per heavy atom. The minimum Gasteiger partial charge on any atom is -0.481 e. The SMILES string of the molecule is O=C(Nc1cc(Cl)cc(Cl)c1)[C@H]1[C@H]2CC(F)(F)CN2[C@]2(C(=O)Nc3c(Cl)cc(Cl)cc32)[C@H]1C(=O)O. The summed E-state index contributed by atoms with van der Waals surface area (Å²) in [5, 5.41) is 15.9. The number of carbonyl (C=O) groups is 3. The molecule has 2 saturated heterocycles. The molecule has 2 amide bonds. The van der Waals surface area contributed by atoms with Gasteiger partial charge in [-0.3, -0.25) is 19.3 Å². The minimum atomic E-state index is -3.27. The van der Waals surface area contributed by atoms with Crippen LogP contribution < -0.4 is 10.6 Å². The number of aliphatic carboxylic acids is 1. The molecule has 3 aliphatic rings. The summed E-state index contributed by atoms with van der Waals surface area (Å²) in [5.74, 6) is -9.78. The van der Waals surface area contributed by atoms with E-state index in [1.54, 1.807) is 0 Å². The Balaban J connectivity index is 1.68. The van der Waals surface area contributed by atoms with Crippen LogP contribution in [0.3, 0.4) is 0 Å². The first-order chi connectivity index (χ1) is 16.3. The Hall–Kier alpha value is -2.17. The van der Waals surface area contributed by atoms with Crippen LogP contribution in [-0.4, -0.2) is 46.3 Å². The lowest BCUT2D eigenvalue weighted by Gasteiger charge is -2.35. The highest BCUT2D eigenvalue weighted by atomic mass is 35.5. The highest BCUT2D eigenvalue weighted by molar-refractivity contribution is 6.38. The number of carbonyl (C=O) groups excluding carboxylic acids is 2. The van der Waals surface area contributed by atoms with Crippen LogP contribution in [0.4, 0.5) is 20.2 Å². The van der Waals surface area contributed by atoms with Gasteiger partial charge < -0.3 is 15.7 Å². The van der Waals surface area contributed by atoms with Crippen molar-refractivity contribution in [3.05, 3.63) is 56.0 Å². The Morgan fingerprint density at radius 2 is 1.69 bits per heavy atom. The molecule has 3 N–H and O–H groups in total. The number of carboxylic acids is 1. The first-order valence-electron chi connectivity index (χ1n) is 10.3. The van der Waals surface area contributed by atoms with Gasteiger partial charge in [0.2, 0.25) is 5.91 Å². The second-order valence-electron chi connectivity index (χ2n) is 8.78. The van der Waals surface area contributed by atoms with Gasteiger partial charge in [0.05, 0.1) is 23.2 Å². The highest BCUT2D eigenvalue weighted by Gasteiger charge is 2.74. The number of fused-ring (bicyclic) bond motifs is 4. The number of rotatable bonds is 3. The number of hydrogen-bond acceptors (Lipinski definition) is 4. The Morgan fingerprint density at radius 3 is 2.31 bits per heavy atom. The maximum Gasteiger partial charge on any atom is 0.310 e. The van der Waals surface area contributed by atoms with Crippen LogP contribution in [0.5, 0.6) is 0 Å². The van der Waals surface area contributed by atoms with Gasteiger partial charge in [-0.2, -0.15) is 0 Å². The summed E-state index contributed by atoms with van der Waals surface area (Å²) in [6, 6.07) is 5.58. The smallest absolute Gasteiger partial charge is 0.310 e. The summed E-state index contributed by atoms with van der Waals surface area (Å²) >= 11 is 24.4. The van der Waals surface area contributed by atoms with Crippen molar-refractivity contribution in [1.82, 2.24) is 4.90 Å². The zero-order chi connectivity index (χ0) is 25.4. The molecule has 0 radical (unpaired) electrons. The lowest BCUT2D eigenvalue weighted by Crippen LogP contribution is -2.54. The first-order valence-corrected chi connectivity index (χ1v) is 11.8. The largest absolute Gasteiger partial charge is 0.481 e. The molecule has 4 atom stereocenters.